The molecule has 1 aliphatic rings. The number of fused-ring (bicyclic) bond motifs is 1. The van der Waals surface area contributed by atoms with Crippen LogP contribution >= 0.6 is 24.0 Å². The van der Waals surface area contributed by atoms with Crippen molar-refractivity contribution in [1.29, 1.82) is 0 Å². The summed E-state index contributed by atoms with van der Waals surface area (Å²) >= 11 is 7.46. The highest BCUT2D eigenvalue weighted by Crippen LogP contribution is 2.51. The zero-order valence-electron chi connectivity index (χ0n) is 16.3. The Morgan fingerprint density at radius 2 is 1.77 bits per heavy atom. The molecule has 0 fully saturated rings. The lowest BCUT2D eigenvalue weighted by Crippen LogP contribution is -2.34. The molecule has 1 aliphatic heterocycles. The van der Waals surface area contributed by atoms with E-state index < -0.39 is 0 Å². The van der Waals surface area contributed by atoms with E-state index >= 15 is 0 Å². The van der Waals surface area contributed by atoms with Crippen LogP contribution in [0.3, 0.4) is 0 Å². The van der Waals surface area contributed by atoms with E-state index in [0.717, 1.165) is 18.7 Å². The van der Waals surface area contributed by atoms with E-state index in [1.54, 1.807) is 0 Å². The van der Waals surface area contributed by atoms with Gasteiger partial charge in [-0.2, -0.15) is 0 Å². The Morgan fingerprint density at radius 1 is 1.08 bits per heavy atom. The van der Waals surface area contributed by atoms with Crippen molar-refractivity contribution in [3.8, 4) is 0 Å². The van der Waals surface area contributed by atoms with E-state index in [9.17, 15) is 0 Å². The fourth-order valence-electron chi connectivity index (χ4n) is 3.78. The standard InChI is InChI=1S/C22H28N2S2/c1-15-6-8-16(9-7-15)13-23-20(25)24-17-10-11-19-18(12-17)21(2,3)14-22(4,5)26-19/h6-12H,13-14H2,1-5H3,(H2,23,24,25). The molecular weight excluding hydrogens is 356 g/mol. The normalized spacial score (nSPS) is 17.3. The van der Waals surface area contributed by atoms with Gasteiger partial charge in [-0.1, -0.05) is 57.5 Å². The van der Waals surface area contributed by atoms with Gasteiger partial charge < -0.3 is 10.6 Å². The number of benzene rings is 2. The van der Waals surface area contributed by atoms with Crippen molar-refractivity contribution in [3.63, 3.8) is 0 Å². The number of anilines is 1. The maximum Gasteiger partial charge on any atom is 0.171 e. The number of thiocarbonyl (C=S) groups is 1. The van der Waals surface area contributed by atoms with Crippen molar-refractivity contribution in [2.45, 2.75) is 62.6 Å². The minimum Gasteiger partial charge on any atom is -0.358 e. The molecule has 138 valence electrons. The fraction of sp³-hybridized carbons (Fsp3) is 0.409. The molecule has 0 atom stereocenters. The number of hydrogen-bond acceptors (Lipinski definition) is 2. The second-order valence-corrected chi connectivity index (χ2v) is 10.6. The molecule has 0 spiro atoms. The molecule has 4 heteroatoms. The van der Waals surface area contributed by atoms with Crippen LogP contribution in [0.2, 0.25) is 0 Å². The second kappa shape index (κ2) is 7.24. The quantitative estimate of drug-likeness (QED) is 0.631. The first kappa shape index (κ1) is 19.2. The largest absolute Gasteiger partial charge is 0.358 e. The van der Waals surface area contributed by atoms with Crippen LogP contribution in [0.1, 0.15) is 50.8 Å². The van der Waals surface area contributed by atoms with E-state index in [2.05, 4.69) is 87.7 Å². The number of thioether (sulfide) groups is 1. The fourth-order valence-corrected chi connectivity index (χ4v) is 5.58. The minimum absolute atomic E-state index is 0.165. The number of rotatable bonds is 3. The first-order valence-corrected chi connectivity index (χ1v) is 10.3. The average Bonchev–Trinajstić information content (AvgIpc) is 2.53. The van der Waals surface area contributed by atoms with Gasteiger partial charge in [-0.15, -0.1) is 11.8 Å². The Morgan fingerprint density at radius 3 is 2.46 bits per heavy atom. The summed E-state index contributed by atoms with van der Waals surface area (Å²) in [6.07, 6.45) is 1.16. The summed E-state index contributed by atoms with van der Waals surface area (Å²) in [4.78, 5) is 1.38. The van der Waals surface area contributed by atoms with Crippen LogP contribution in [-0.4, -0.2) is 9.86 Å². The Kier molecular flexibility index (Phi) is 5.36. The second-order valence-electron chi connectivity index (χ2n) is 8.43. The molecule has 0 unspecified atom stereocenters. The smallest absolute Gasteiger partial charge is 0.171 e. The summed E-state index contributed by atoms with van der Waals surface area (Å²) in [5, 5.41) is 7.30. The zero-order chi connectivity index (χ0) is 18.9. The summed E-state index contributed by atoms with van der Waals surface area (Å²) in [7, 11) is 0. The molecule has 0 aromatic heterocycles. The molecule has 1 heterocycles. The van der Waals surface area contributed by atoms with Crippen molar-refractivity contribution in [1.82, 2.24) is 5.32 Å². The molecule has 0 amide bonds. The topological polar surface area (TPSA) is 24.1 Å². The molecule has 26 heavy (non-hydrogen) atoms. The molecule has 0 aliphatic carbocycles. The highest BCUT2D eigenvalue weighted by molar-refractivity contribution is 8.00. The average molecular weight is 385 g/mol. The highest BCUT2D eigenvalue weighted by atomic mass is 32.2. The van der Waals surface area contributed by atoms with Crippen LogP contribution in [0.5, 0.6) is 0 Å². The molecule has 0 bridgehead atoms. The van der Waals surface area contributed by atoms with E-state index in [-0.39, 0.29) is 10.2 Å². The van der Waals surface area contributed by atoms with Gasteiger partial charge in [0.05, 0.1) is 0 Å². The van der Waals surface area contributed by atoms with Crippen molar-refractivity contribution in [2.24, 2.45) is 0 Å². The van der Waals surface area contributed by atoms with Gasteiger partial charge in [0.25, 0.3) is 0 Å². The lowest BCUT2D eigenvalue weighted by Gasteiger charge is -2.41. The highest BCUT2D eigenvalue weighted by Gasteiger charge is 2.38. The number of aryl methyl sites for hydroxylation is 1. The monoisotopic (exact) mass is 384 g/mol. The van der Waals surface area contributed by atoms with E-state index in [0.29, 0.717) is 5.11 Å². The third-order valence-electron chi connectivity index (χ3n) is 4.79. The van der Waals surface area contributed by atoms with E-state index in [4.69, 9.17) is 12.2 Å². The van der Waals surface area contributed by atoms with Crippen LogP contribution in [0.25, 0.3) is 0 Å². The minimum atomic E-state index is 0.165. The van der Waals surface area contributed by atoms with Crippen LogP contribution in [0, 0.1) is 6.92 Å². The molecular formula is C22H28N2S2. The summed E-state index contributed by atoms with van der Waals surface area (Å²) in [5.74, 6) is 0. The molecule has 2 N–H and O–H groups in total. The lowest BCUT2D eigenvalue weighted by molar-refractivity contribution is 0.408. The third-order valence-corrected chi connectivity index (χ3v) is 6.31. The first-order valence-electron chi connectivity index (χ1n) is 9.09. The Hall–Kier alpha value is -1.52. The molecule has 0 radical (unpaired) electrons. The molecule has 2 aromatic carbocycles. The van der Waals surface area contributed by atoms with E-state index in [1.807, 2.05) is 11.8 Å². The van der Waals surface area contributed by atoms with Gasteiger partial charge in [-0.05, 0) is 60.3 Å². The summed E-state index contributed by atoms with van der Waals surface area (Å²) in [6.45, 7) is 12.2. The maximum absolute atomic E-state index is 5.48. The van der Waals surface area contributed by atoms with Crippen molar-refractivity contribution in [2.75, 3.05) is 5.32 Å². The van der Waals surface area contributed by atoms with Crippen molar-refractivity contribution in [3.05, 3.63) is 59.2 Å². The Balaban J connectivity index is 1.67. The van der Waals surface area contributed by atoms with Gasteiger partial charge in [0.15, 0.2) is 5.11 Å². The molecule has 0 saturated heterocycles. The van der Waals surface area contributed by atoms with E-state index in [1.165, 1.54) is 21.6 Å². The maximum atomic E-state index is 5.48. The van der Waals surface area contributed by atoms with Crippen LogP contribution < -0.4 is 10.6 Å². The summed E-state index contributed by atoms with van der Waals surface area (Å²) in [5.41, 5.74) is 5.13. The molecule has 2 nitrogen and oxygen atoms in total. The zero-order valence-corrected chi connectivity index (χ0v) is 17.9. The molecule has 3 rings (SSSR count). The summed E-state index contributed by atoms with van der Waals surface area (Å²) in [6, 6.07) is 15.1. The van der Waals surface area contributed by atoms with Crippen LogP contribution in [-0.2, 0) is 12.0 Å². The summed E-state index contributed by atoms with van der Waals surface area (Å²) < 4.78 is 0.274. The van der Waals surface area contributed by atoms with Gasteiger partial charge in [0, 0.05) is 21.9 Å². The van der Waals surface area contributed by atoms with Crippen LogP contribution in [0.4, 0.5) is 5.69 Å². The molecule has 0 saturated carbocycles. The third kappa shape index (κ3) is 4.60. The number of hydrogen-bond donors (Lipinski definition) is 2. The van der Waals surface area contributed by atoms with Crippen molar-refractivity contribution < 1.29 is 0 Å². The predicted octanol–water partition coefficient (Wildman–Crippen LogP) is 6.03. The van der Waals surface area contributed by atoms with Gasteiger partial charge in [-0.3, -0.25) is 0 Å². The van der Waals surface area contributed by atoms with Gasteiger partial charge in [0.1, 0.15) is 0 Å². The van der Waals surface area contributed by atoms with Gasteiger partial charge >= 0.3 is 0 Å². The lowest BCUT2D eigenvalue weighted by atomic mass is 9.77. The SMILES string of the molecule is Cc1ccc(CNC(=S)Nc2ccc3c(c2)C(C)(C)CC(C)(C)S3)cc1. The van der Waals surface area contributed by atoms with Gasteiger partial charge in [-0.25, -0.2) is 0 Å². The number of nitrogens with one attached hydrogen (secondary N) is 2. The first-order chi connectivity index (χ1) is 12.1. The van der Waals surface area contributed by atoms with Gasteiger partial charge in [0.2, 0.25) is 0 Å². The van der Waals surface area contributed by atoms with Crippen LogP contribution in [0.15, 0.2) is 47.4 Å². The Bertz CT molecular complexity index is 807. The predicted molar refractivity (Wildman–Crippen MR) is 118 cm³/mol. The Labute approximate surface area is 167 Å². The molecule has 2 aromatic rings. The van der Waals surface area contributed by atoms with Crippen molar-refractivity contribution >= 4 is 34.8 Å².